The van der Waals surface area contributed by atoms with Gasteiger partial charge in [-0.15, -0.1) is 0 Å². The zero-order chi connectivity index (χ0) is 24.7. The van der Waals surface area contributed by atoms with Gasteiger partial charge in [0.25, 0.3) is 0 Å². The zero-order valence-corrected chi connectivity index (χ0v) is 20.0. The number of nitrogens with one attached hydrogen (secondary N) is 1. The number of amides is 1. The van der Waals surface area contributed by atoms with E-state index in [9.17, 15) is 4.79 Å². The van der Waals surface area contributed by atoms with E-state index in [0.717, 1.165) is 48.4 Å². The summed E-state index contributed by atoms with van der Waals surface area (Å²) in [5, 5.41) is 3.47. The minimum Gasteiger partial charge on any atom is -0.489 e. The van der Waals surface area contributed by atoms with Crippen LogP contribution in [0.25, 0.3) is 11.3 Å². The third kappa shape index (κ3) is 6.19. The molecule has 7 heteroatoms. The van der Waals surface area contributed by atoms with Gasteiger partial charge in [0.15, 0.2) is 12.5 Å². The molecule has 1 amide bonds. The Bertz CT molecular complexity index is 1290. The van der Waals surface area contributed by atoms with Crippen molar-refractivity contribution in [2.75, 3.05) is 6.54 Å². The molecule has 3 N–H and O–H groups in total. The molecule has 7 nitrogen and oxygen atoms in total. The highest BCUT2D eigenvalue weighted by atomic mass is 16.6. The first-order valence-corrected chi connectivity index (χ1v) is 12.2. The first-order chi connectivity index (χ1) is 17.7. The largest absolute Gasteiger partial charge is 0.489 e. The Morgan fingerprint density at radius 2 is 1.81 bits per heavy atom. The number of carbonyl (C=O) groups excluding carboxylic acids is 1. The Morgan fingerprint density at radius 1 is 1.00 bits per heavy atom. The Kier molecular flexibility index (Phi) is 7.40. The van der Waals surface area contributed by atoms with Gasteiger partial charge in [-0.25, -0.2) is 4.98 Å². The third-order valence-electron chi connectivity index (χ3n) is 6.21. The molecular weight excluding hydrogens is 452 g/mol. The summed E-state index contributed by atoms with van der Waals surface area (Å²) in [6.45, 7) is 1.29. The number of aromatic nitrogens is 2. The number of benzene rings is 3. The highest BCUT2D eigenvalue weighted by Crippen LogP contribution is 2.33. The summed E-state index contributed by atoms with van der Waals surface area (Å²) in [6.07, 6.45) is 7.21. The Hall–Kier alpha value is -3.94. The number of epoxide rings is 1. The van der Waals surface area contributed by atoms with E-state index in [1.807, 2.05) is 47.4 Å². The Labute approximate surface area is 210 Å². The van der Waals surface area contributed by atoms with Gasteiger partial charge in [0.1, 0.15) is 12.4 Å². The second kappa shape index (κ2) is 11.2. The molecule has 5 rings (SSSR count). The molecule has 2 atom stereocenters. The Morgan fingerprint density at radius 3 is 2.61 bits per heavy atom. The van der Waals surface area contributed by atoms with Gasteiger partial charge < -0.3 is 19.8 Å². The molecule has 2 heterocycles. The number of unbranched alkanes of at least 4 members (excludes halogenated alkanes) is 1. The van der Waals surface area contributed by atoms with Gasteiger partial charge in [0.2, 0.25) is 5.91 Å². The van der Waals surface area contributed by atoms with Crippen molar-refractivity contribution in [1.82, 2.24) is 14.9 Å². The lowest BCUT2D eigenvalue weighted by atomic mass is 10.1. The Balaban J connectivity index is 1.06. The molecule has 1 aliphatic rings. The van der Waals surface area contributed by atoms with Crippen LogP contribution in [-0.4, -0.2) is 28.2 Å². The van der Waals surface area contributed by atoms with Crippen LogP contribution in [0.4, 0.5) is 0 Å². The molecule has 36 heavy (non-hydrogen) atoms. The van der Waals surface area contributed by atoms with Crippen LogP contribution in [0.3, 0.4) is 0 Å². The molecule has 0 saturated carbocycles. The maximum atomic E-state index is 11.3. The van der Waals surface area contributed by atoms with Gasteiger partial charge in [0, 0.05) is 17.3 Å². The van der Waals surface area contributed by atoms with Crippen LogP contribution in [-0.2, 0) is 17.8 Å². The molecular formula is C29H30N4O3. The summed E-state index contributed by atoms with van der Waals surface area (Å²) in [5.74, 6) is 0.294. The number of hydrogen-bond acceptors (Lipinski definition) is 5. The third-order valence-corrected chi connectivity index (χ3v) is 6.21. The molecule has 0 radical (unpaired) electrons. The average molecular weight is 483 g/mol. The van der Waals surface area contributed by atoms with Crippen LogP contribution >= 0.6 is 0 Å². The van der Waals surface area contributed by atoms with Gasteiger partial charge >= 0.3 is 0 Å². The minimum absolute atomic E-state index is 0.0147. The second-order valence-corrected chi connectivity index (χ2v) is 8.93. The van der Waals surface area contributed by atoms with Gasteiger partial charge in [0.05, 0.1) is 12.0 Å². The SMILES string of the molecule is NC(=O)c1cccc(COc2ccc(-c3cn(C4OC4NCCCCc4ccccc4)cn3)cc2)c1. The number of aryl methyl sites for hydroxylation is 1. The van der Waals surface area contributed by atoms with E-state index in [0.29, 0.717) is 12.2 Å². The molecule has 1 aliphatic heterocycles. The van der Waals surface area contributed by atoms with E-state index in [1.165, 1.54) is 5.56 Å². The topological polar surface area (TPSA) is 94.7 Å². The van der Waals surface area contributed by atoms with Crippen molar-refractivity contribution >= 4 is 5.91 Å². The van der Waals surface area contributed by atoms with Gasteiger partial charge in [-0.2, -0.15) is 0 Å². The van der Waals surface area contributed by atoms with Crippen LogP contribution in [0, 0.1) is 0 Å². The average Bonchev–Trinajstić information content (AvgIpc) is 3.52. The van der Waals surface area contributed by atoms with Crippen LogP contribution in [0.15, 0.2) is 91.4 Å². The lowest BCUT2D eigenvalue weighted by Gasteiger charge is -2.07. The summed E-state index contributed by atoms with van der Waals surface area (Å²) in [4.78, 5) is 15.9. The van der Waals surface area contributed by atoms with E-state index in [1.54, 1.807) is 18.2 Å². The molecule has 0 aliphatic carbocycles. The fraction of sp³-hybridized carbons (Fsp3) is 0.241. The van der Waals surface area contributed by atoms with Crippen LogP contribution in [0.2, 0.25) is 0 Å². The summed E-state index contributed by atoms with van der Waals surface area (Å²) in [7, 11) is 0. The first kappa shape index (κ1) is 23.8. The molecule has 1 aromatic heterocycles. The highest BCUT2D eigenvalue weighted by molar-refractivity contribution is 5.92. The van der Waals surface area contributed by atoms with Crippen LogP contribution in [0.5, 0.6) is 5.75 Å². The lowest BCUT2D eigenvalue weighted by Crippen LogP contribution is -2.20. The van der Waals surface area contributed by atoms with E-state index < -0.39 is 5.91 Å². The summed E-state index contributed by atoms with van der Waals surface area (Å²) < 4.78 is 13.7. The summed E-state index contributed by atoms with van der Waals surface area (Å²) in [6, 6.07) is 25.5. The monoisotopic (exact) mass is 482 g/mol. The van der Waals surface area contributed by atoms with E-state index in [2.05, 4.69) is 40.6 Å². The van der Waals surface area contributed by atoms with E-state index >= 15 is 0 Å². The number of nitrogens with zero attached hydrogens (tertiary/aromatic N) is 2. The predicted molar refractivity (Wildman–Crippen MR) is 138 cm³/mol. The number of imidazole rings is 1. The molecule has 184 valence electrons. The van der Waals surface area contributed by atoms with Crippen molar-refractivity contribution < 1.29 is 14.3 Å². The smallest absolute Gasteiger partial charge is 0.248 e. The predicted octanol–water partition coefficient (Wildman–Crippen LogP) is 4.70. The number of rotatable bonds is 12. The number of primary amides is 1. The first-order valence-electron chi connectivity index (χ1n) is 12.2. The van der Waals surface area contributed by atoms with Crippen molar-refractivity contribution in [1.29, 1.82) is 0 Å². The molecule has 0 spiro atoms. The second-order valence-electron chi connectivity index (χ2n) is 8.93. The normalized spacial score (nSPS) is 16.6. The number of hydrogen-bond donors (Lipinski definition) is 2. The van der Waals surface area contributed by atoms with Gasteiger partial charge in [-0.1, -0.05) is 42.5 Å². The molecule has 0 bridgehead atoms. The van der Waals surface area contributed by atoms with Gasteiger partial charge in [-0.05, 0) is 73.3 Å². The highest BCUT2D eigenvalue weighted by Gasteiger charge is 2.40. The van der Waals surface area contributed by atoms with E-state index in [-0.39, 0.29) is 12.5 Å². The maximum absolute atomic E-state index is 11.3. The van der Waals surface area contributed by atoms with Crippen molar-refractivity contribution in [3.05, 3.63) is 108 Å². The quantitative estimate of drug-likeness (QED) is 0.226. The standard InChI is InChI=1S/C29H30N4O3/c30-27(34)24-11-6-10-22(17-24)19-35-25-14-12-23(13-15-25)26-18-33(20-32-26)29-28(36-29)31-16-5-4-9-21-7-2-1-3-8-21/h1-3,6-8,10-15,17-18,20,28-29,31H,4-5,9,16,19H2,(H2,30,34). The number of nitrogens with two attached hydrogens (primary N) is 1. The van der Waals surface area contributed by atoms with Crippen molar-refractivity contribution in [3.8, 4) is 17.0 Å². The molecule has 4 aromatic rings. The lowest BCUT2D eigenvalue weighted by molar-refractivity contribution is 0.1000. The van der Waals surface area contributed by atoms with Crippen molar-refractivity contribution in [2.45, 2.75) is 38.3 Å². The number of ether oxygens (including phenoxy) is 2. The molecule has 2 unspecified atom stereocenters. The summed E-state index contributed by atoms with van der Waals surface area (Å²) >= 11 is 0. The minimum atomic E-state index is -0.446. The van der Waals surface area contributed by atoms with Gasteiger partial charge in [-0.3, -0.25) is 10.1 Å². The van der Waals surface area contributed by atoms with E-state index in [4.69, 9.17) is 15.2 Å². The fourth-order valence-electron chi connectivity index (χ4n) is 4.15. The zero-order valence-electron chi connectivity index (χ0n) is 20.0. The van der Waals surface area contributed by atoms with Crippen molar-refractivity contribution in [2.24, 2.45) is 5.73 Å². The fourth-order valence-corrected chi connectivity index (χ4v) is 4.15. The molecule has 1 saturated heterocycles. The van der Waals surface area contributed by atoms with Crippen LogP contribution in [0.1, 0.15) is 40.6 Å². The summed E-state index contributed by atoms with van der Waals surface area (Å²) in [5.41, 5.74) is 9.98. The molecule has 3 aromatic carbocycles. The van der Waals surface area contributed by atoms with Crippen molar-refractivity contribution in [3.63, 3.8) is 0 Å². The van der Waals surface area contributed by atoms with Crippen LogP contribution < -0.4 is 15.8 Å². The maximum Gasteiger partial charge on any atom is 0.248 e. The molecule has 1 fully saturated rings. The number of carbonyl (C=O) groups is 1.